The molecule has 11 nitrogen and oxygen atoms in total. The summed E-state index contributed by atoms with van der Waals surface area (Å²) in [6, 6.07) is 2.66. The fourth-order valence-corrected chi connectivity index (χ4v) is 5.72. The summed E-state index contributed by atoms with van der Waals surface area (Å²) >= 11 is 0. The van der Waals surface area contributed by atoms with E-state index in [1.807, 2.05) is 26.8 Å². The molecular formula is C30H33NO10. The van der Waals surface area contributed by atoms with E-state index in [0.717, 1.165) is 17.6 Å². The summed E-state index contributed by atoms with van der Waals surface area (Å²) in [4.78, 5) is 38.6. The van der Waals surface area contributed by atoms with Crippen LogP contribution in [0.3, 0.4) is 0 Å². The summed E-state index contributed by atoms with van der Waals surface area (Å²) in [5.41, 5.74) is -1.09. The molecule has 3 unspecified atom stereocenters. The number of allylic oxidation sites excluding steroid dienone is 4. The Morgan fingerprint density at radius 3 is 2.37 bits per heavy atom. The minimum Gasteiger partial charge on any atom is -0.508 e. The molecule has 11 heteroatoms. The predicted octanol–water partition coefficient (Wildman–Crippen LogP) is 2.46. The van der Waals surface area contributed by atoms with Crippen molar-refractivity contribution in [2.45, 2.75) is 63.8 Å². The second kappa shape index (κ2) is 10.3. The number of methoxy groups -OCH3 is 1. The number of benzene rings is 2. The molecule has 0 aromatic heterocycles. The normalized spacial score (nSPS) is 24.3. The van der Waals surface area contributed by atoms with Crippen LogP contribution in [0.2, 0.25) is 0 Å². The topological polar surface area (TPSA) is 208 Å². The Bertz CT molecular complexity index is 1600. The third kappa shape index (κ3) is 4.37. The number of fused-ring (bicyclic) bond motifs is 3. The average Bonchev–Trinajstić information content (AvgIpc) is 2.88. The van der Waals surface area contributed by atoms with Crippen LogP contribution >= 0.6 is 0 Å². The minimum absolute atomic E-state index is 0.0352. The number of phenolic OH excluding ortho intramolecular Hbond substituents is 2. The lowest BCUT2D eigenvalue weighted by molar-refractivity contribution is -0.193. The maximum absolute atomic E-state index is 13.9. The Hall–Kier alpha value is -4.19. The molecule has 2 aliphatic carbocycles. The molecule has 4 rings (SSSR count). The fraction of sp³-hybridized carbons (Fsp3) is 0.367. The summed E-state index contributed by atoms with van der Waals surface area (Å²) < 4.78 is 5.27. The van der Waals surface area contributed by atoms with E-state index in [2.05, 4.69) is 6.08 Å². The highest BCUT2D eigenvalue weighted by Crippen LogP contribution is 2.56. The van der Waals surface area contributed by atoms with Crippen molar-refractivity contribution in [1.82, 2.24) is 0 Å². The first-order chi connectivity index (χ1) is 19.1. The first-order valence-corrected chi connectivity index (χ1v) is 12.9. The highest BCUT2D eigenvalue weighted by Gasteiger charge is 2.70. The number of ketones is 2. The number of carbonyl (C=O) groups excluding carboxylic acids is 3. The van der Waals surface area contributed by atoms with Gasteiger partial charge in [-0.25, -0.2) is 0 Å². The summed E-state index contributed by atoms with van der Waals surface area (Å²) in [5, 5.41) is 67.6. The Labute approximate surface area is 235 Å². The lowest BCUT2D eigenvalue weighted by Gasteiger charge is -2.50. The van der Waals surface area contributed by atoms with Gasteiger partial charge in [0.25, 0.3) is 5.91 Å². The van der Waals surface area contributed by atoms with Gasteiger partial charge in [0.1, 0.15) is 34.5 Å². The van der Waals surface area contributed by atoms with Crippen molar-refractivity contribution in [2.24, 2.45) is 5.73 Å². The molecule has 0 fully saturated rings. The second-order valence-electron chi connectivity index (χ2n) is 10.8. The number of Topliss-reactive ketones (excluding diaryl/α,β-unsaturated/α-hetero) is 2. The van der Waals surface area contributed by atoms with Gasteiger partial charge in [-0.1, -0.05) is 23.3 Å². The molecule has 2 aromatic rings. The van der Waals surface area contributed by atoms with Crippen LogP contribution in [-0.4, -0.2) is 66.4 Å². The number of aromatic hydroxyl groups is 2. The van der Waals surface area contributed by atoms with Gasteiger partial charge < -0.3 is 41.1 Å². The summed E-state index contributed by atoms with van der Waals surface area (Å²) in [6.45, 7) is 5.84. The molecule has 218 valence electrons. The van der Waals surface area contributed by atoms with E-state index in [9.17, 15) is 45.0 Å². The van der Waals surface area contributed by atoms with Gasteiger partial charge in [0.15, 0.2) is 11.5 Å². The van der Waals surface area contributed by atoms with Gasteiger partial charge in [-0.05, 0) is 57.0 Å². The molecule has 2 aromatic carbocycles. The van der Waals surface area contributed by atoms with Gasteiger partial charge in [0.05, 0.1) is 18.1 Å². The van der Waals surface area contributed by atoms with E-state index < -0.39 is 69.6 Å². The smallest absolute Gasteiger partial charge is 0.255 e. The van der Waals surface area contributed by atoms with Gasteiger partial charge in [0, 0.05) is 18.1 Å². The minimum atomic E-state index is -3.42. The van der Waals surface area contributed by atoms with E-state index in [4.69, 9.17) is 10.5 Å². The first kappa shape index (κ1) is 29.8. The molecule has 2 aliphatic rings. The van der Waals surface area contributed by atoms with Crippen molar-refractivity contribution >= 4 is 28.2 Å². The monoisotopic (exact) mass is 567 g/mol. The maximum Gasteiger partial charge on any atom is 0.255 e. The molecule has 0 bridgehead atoms. The molecule has 1 amide bonds. The molecule has 41 heavy (non-hydrogen) atoms. The zero-order valence-electron chi connectivity index (χ0n) is 23.1. The van der Waals surface area contributed by atoms with E-state index in [1.54, 1.807) is 0 Å². The van der Waals surface area contributed by atoms with Crippen molar-refractivity contribution < 1.29 is 49.8 Å². The predicted molar refractivity (Wildman–Crippen MR) is 148 cm³/mol. The fourth-order valence-electron chi connectivity index (χ4n) is 5.72. The highest BCUT2D eigenvalue weighted by atomic mass is 16.5. The van der Waals surface area contributed by atoms with Gasteiger partial charge in [-0.2, -0.15) is 0 Å². The van der Waals surface area contributed by atoms with Crippen LogP contribution < -0.4 is 10.5 Å². The number of aliphatic hydroxyl groups is 4. The Balaban J connectivity index is 2.07. The SMILES string of the molecule is COc1cc(O)c2c(O)c3c(c(C/C=C(\C)CCC=C(C)C)c2c1)C(O)C1(O)CC(=O)C(C(N)=O)=C(O)C1(O)C3=O. The third-order valence-corrected chi connectivity index (χ3v) is 7.91. The highest BCUT2D eigenvalue weighted by molar-refractivity contribution is 6.24. The van der Waals surface area contributed by atoms with Crippen LogP contribution in [0.15, 0.2) is 46.8 Å². The lowest BCUT2D eigenvalue weighted by atomic mass is 9.59. The number of aliphatic hydroxyl groups excluding tert-OH is 2. The molecule has 0 heterocycles. The molecule has 0 saturated carbocycles. The largest absolute Gasteiger partial charge is 0.508 e. The lowest BCUT2D eigenvalue weighted by Crippen LogP contribution is -2.69. The second-order valence-corrected chi connectivity index (χ2v) is 10.8. The number of primary amides is 1. The Morgan fingerprint density at radius 1 is 1.12 bits per heavy atom. The zero-order valence-corrected chi connectivity index (χ0v) is 23.1. The van der Waals surface area contributed by atoms with Gasteiger partial charge in [-0.15, -0.1) is 0 Å². The molecule has 8 N–H and O–H groups in total. The maximum atomic E-state index is 13.9. The number of hydrogen-bond acceptors (Lipinski definition) is 10. The molecule has 0 radical (unpaired) electrons. The molecule has 0 saturated heterocycles. The zero-order chi connectivity index (χ0) is 30.6. The summed E-state index contributed by atoms with van der Waals surface area (Å²) in [5.74, 6) is -6.84. The summed E-state index contributed by atoms with van der Waals surface area (Å²) in [6.07, 6.45) is 2.00. The third-order valence-electron chi connectivity index (χ3n) is 7.91. The van der Waals surface area contributed by atoms with Crippen LogP contribution in [0.5, 0.6) is 17.2 Å². The number of nitrogens with two attached hydrogens (primary N) is 1. The number of carbonyl (C=O) groups is 3. The van der Waals surface area contributed by atoms with E-state index in [-0.39, 0.29) is 34.1 Å². The Morgan fingerprint density at radius 2 is 1.78 bits per heavy atom. The number of phenols is 2. The average molecular weight is 568 g/mol. The van der Waals surface area contributed by atoms with Crippen molar-refractivity contribution in [3.05, 3.63) is 63.5 Å². The molecule has 3 atom stereocenters. The van der Waals surface area contributed by atoms with E-state index in [0.29, 0.717) is 6.42 Å². The van der Waals surface area contributed by atoms with Crippen LogP contribution in [0.25, 0.3) is 10.8 Å². The van der Waals surface area contributed by atoms with Gasteiger partial charge in [-0.3, -0.25) is 14.4 Å². The van der Waals surface area contributed by atoms with Crippen LogP contribution in [0.4, 0.5) is 0 Å². The van der Waals surface area contributed by atoms with Crippen LogP contribution in [-0.2, 0) is 16.0 Å². The molecule has 0 spiro atoms. The number of ether oxygens (including phenoxy) is 1. The number of rotatable bonds is 7. The van der Waals surface area contributed by atoms with Crippen molar-refractivity contribution in [3.8, 4) is 17.2 Å². The molecular weight excluding hydrogens is 534 g/mol. The quantitative estimate of drug-likeness (QED) is 0.192. The van der Waals surface area contributed by atoms with Gasteiger partial charge in [0.2, 0.25) is 11.4 Å². The first-order valence-electron chi connectivity index (χ1n) is 12.9. The standard InChI is InChI=1S/C30H33NO10/c1-13(2)6-5-7-14(3)8-9-16-17-10-15(41-4)11-18(32)20(17)24(34)23-21(16)25(35)29(39)12-19(33)22(28(31)38)26(36)30(29,40)27(23)37/h6,8,10-11,25,32,34-36,39-40H,5,7,9,12H2,1-4H3,(H2,31,38)/b14-8+. The van der Waals surface area contributed by atoms with E-state index in [1.165, 1.54) is 19.2 Å². The van der Waals surface area contributed by atoms with E-state index >= 15 is 0 Å². The van der Waals surface area contributed by atoms with Crippen LogP contribution in [0.1, 0.15) is 67.6 Å². The van der Waals surface area contributed by atoms with Crippen molar-refractivity contribution in [2.75, 3.05) is 7.11 Å². The number of hydrogen-bond donors (Lipinski definition) is 7. The number of amides is 1. The van der Waals surface area contributed by atoms with Gasteiger partial charge >= 0.3 is 0 Å². The van der Waals surface area contributed by atoms with Crippen molar-refractivity contribution in [1.29, 1.82) is 0 Å². The molecule has 0 aliphatic heterocycles. The van der Waals surface area contributed by atoms with Crippen molar-refractivity contribution in [3.63, 3.8) is 0 Å². The Kier molecular flexibility index (Phi) is 7.50. The summed E-state index contributed by atoms with van der Waals surface area (Å²) in [7, 11) is 1.35. The van der Waals surface area contributed by atoms with Crippen LogP contribution in [0, 0.1) is 0 Å².